The Kier molecular flexibility index (Phi) is 2.83. The van der Waals surface area contributed by atoms with Crippen LogP contribution in [0.1, 0.15) is 5.82 Å². The number of benzene rings is 1. The lowest BCUT2D eigenvalue weighted by molar-refractivity contribution is 0.703. The van der Waals surface area contributed by atoms with Crippen LogP contribution in [0, 0.1) is 0 Å². The lowest BCUT2D eigenvalue weighted by Gasteiger charge is -1.94. The van der Waals surface area contributed by atoms with Gasteiger partial charge in [0.2, 0.25) is 0 Å². The van der Waals surface area contributed by atoms with Crippen molar-refractivity contribution in [3.63, 3.8) is 0 Å². The van der Waals surface area contributed by atoms with Crippen molar-refractivity contribution in [2.75, 3.05) is 0 Å². The molecule has 1 aromatic heterocycles. The van der Waals surface area contributed by atoms with Crippen LogP contribution in [0.4, 0.5) is 0 Å². The Labute approximate surface area is 96.3 Å². The first-order chi connectivity index (χ1) is 7.20. The van der Waals surface area contributed by atoms with E-state index in [1.54, 1.807) is 4.68 Å². The van der Waals surface area contributed by atoms with E-state index in [1.807, 2.05) is 31.3 Å². The summed E-state index contributed by atoms with van der Waals surface area (Å²) in [6.45, 7) is 0.400. The van der Waals surface area contributed by atoms with Crippen molar-refractivity contribution in [2.45, 2.75) is 6.54 Å². The van der Waals surface area contributed by atoms with Gasteiger partial charge in [0.15, 0.2) is 5.82 Å². The molecular formula is C10H11BrN4. The van der Waals surface area contributed by atoms with Gasteiger partial charge in [-0.3, -0.25) is 4.68 Å². The van der Waals surface area contributed by atoms with E-state index < -0.39 is 0 Å². The number of aryl methyl sites for hydroxylation is 1. The highest BCUT2D eigenvalue weighted by Gasteiger charge is 2.07. The fourth-order valence-corrected chi connectivity index (χ4v) is 1.74. The average molecular weight is 267 g/mol. The lowest BCUT2D eigenvalue weighted by Crippen LogP contribution is -2.05. The fourth-order valence-electron chi connectivity index (χ4n) is 1.34. The summed E-state index contributed by atoms with van der Waals surface area (Å²) in [5, 5.41) is 4.30. The molecule has 0 saturated heterocycles. The third-order valence-corrected chi connectivity index (χ3v) is 2.61. The Morgan fingerprint density at radius 2 is 2.27 bits per heavy atom. The van der Waals surface area contributed by atoms with Crippen molar-refractivity contribution in [3.05, 3.63) is 34.6 Å². The predicted molar refractivity (Wildman–Crippen MR) is 62.0 cm³/mol. The second-order valence-electron chi connectivity index (χ2n) is 3.19. The molecule has 0 aliphatic heterocycles. The van der Waals surface area contributed by atoms with Crippen LogP contribution < -0.4 is 5.73 Å². The molecule has 2 aromatic rings. The second-order valence-corrected chi connectivity index (χ2v) is 4.11. The zero-order valence-corrected chi connectivity index (χ0v) is 9.90. The van der Waals surface area contributed by atoms with Gasteiger partial charge in [-0.25, -0.2) is 4.98 Å². The third kappa shape index (κ3) is 2.08. The van der Waals surface area contributed by atoms with Crippen molar-refractivity contribution in [1.82, 2.24) is 14.8 Å². The largest absolute Gasteiger partial charge is 0.324 e. The molecule has 0 aliphatic carbocycles. The first-order valence-corrected chi connectivity index (χ1v) is 5.36. The number of nitrogens with zero attached hydrogens (tertiary/aromatic N) is 3. The van der Waals surface area contributed by atoms with Gasteiger partial charge in [0, 0.05) is 17.1 Å². The van der Waals surface area contributed by atoms with Crippen LogP contribution in [-0.4, -0.2) is 14.8 Å². The Hall–Kier alpha value is -1.20. The van der Waals surface area contributed by atoms with Gasteiger partial charge in [0.25, 0.3) is 0 Å². The average Bonchev–Trinajstić information content (AvgIpc) is 2.60. The van der Waals surface area contributed by atoms with Crippen LogP contribution in [-0.2, 0) is 13.6 Å². The highest BCUT2D eigenvalue weighted by atomic mass is 79.9. The van der Waals surface area contributed by atoms with Crippen LogP contribution >= 0.6 is 15.9 Å². The number of hydrogen-bond donors (Lipinski definition) is 1. The van der Waals surface area contributed by atoms with Crippen LogP contribution in [0.15, 0.2) is 28.7 Å². The van der Waals surface area contributed by atoms with E-state index in [1.165, 1.54) is 0 Å². The van der Waals surface area contributed by atoms with Gasteiger partial charge in [-0.15, -0.1) is 0 Å². The van der Waals surface area contributed by atoms with E-state index in [9.17, 15) is 0 Å². The molecular weight excluding hydrogens is 256 g/mol. The summed E-state index contributed by atoms with van der Waals surface area (Å²) in [4.78, 5) is 4.35. The molecule has 15 heavy (non-hydrogen) atoms. The van der Waals surface area contributed by atoms with Crippen LogP contribution in [0.2, 0.25) is 0 Å². The number of nitrogens with two attached hydrogens (primary N) is 1. The topological polar surface area (TPSA) is 56.7 Å². The summed E-state index contributed by atoms with van der Waals surface area (Å²) in [5.41, 5.74) is 6.53. The van der Waals surface area contributed by atoms with E-state index in [2.05, 4.69) is 26.0 Å². The summed E-state index contributed by atoms with van der Waals surface area (Å²) < 4.78 is 2.72. The fraction of sp³-hybridized carbons (Fsp3) is 0.200. The molecule has 1 aromatic carbocycles. The third-order valence-electron chi connectivity index (χ3n) is 2.12. The Bertz CT molecular complexity index is 478. The molecule has 0 unspecified atom stereocenters. The number of hydrogen-bond acceptors (Lipinski definition) is 3. The molecule has 2 rings (SSSR count). The van der Waals surface area contributed by atoms with Crippen LogP contribution in [0.25, 0.3) is 11.4 Å². The molecule has 0 radical (unpaired) electrons. The Morgan fingerprint density at radius 1 is 1.47 bits per heavy atom. The first kappa shape index (κ1) is 10.3. The van der Waals surface area contributed by atoms with Gasteiger partial charge in [-0.1, -0.05) is 28.1 Å². The maximum atomic E-state index is 5.54. The molecule has 0 aliphatic rings. The second kappa shape index (κ2) is 4.12. The van der Waals surface area contributed by atoms with E-state index in [4.69, 9.17) is 5.73 Å². The Balaban J connectivity index is 2.45. The monoisotopic (exact) mass is 266 g/mol. The van der Waals surface area contributed by atoms with Crippen molar-refractivity contribution in [3.8, 4) is 11.4 Å². The van der Waals surface area contributed by atoms with E-state index in [0.717, 1.165) is 15.9 Å². The van der Waals surface area contributed by atoms with Gasteiger partial charge >= 0.3 is 0 Å². The van der Waals surface area contributed by atoms with Crippen LogP contribution in [0.5, 0.6) is 0 Å². The molecule has 0 bridgehead atoms. The van der Waals surface area contributed by atoms with Gasteiger partial charge in [-0.2, -0.15) is 5.10 Å². The zero-order chi connectivity index (χ0) is 10.8. The summed E-state index contributed by atoms with van der Waals surface area (Å²) in [7, 11) is 1.84. The molecule has 0 atom stereocenters. The summed E-state index contributed by atoms with van der Waals surface area (Å²) in [5.74, 6) is 1.49. The Morgan fingerprint density at radius 3 is 2.87 bits per heavy atom. The van der Waals surface area contributed by atoms with Gasteiger partial charge < -0.3 is 5.73 Å². The lowest BCUT2D eigenvalue weighted by atomic mass is 10.2. The van der Waals surface area contributed by atoms with E-state index in [0.29, 0.717) is 12.4 Å². The molecule has 0 amide bonds. The number of halogens is 1. The molecule has 4 nitrogen and oxygen atoms in total. The summed E-state index contributed by atoms with van der Waals surface area (Å²) in [6.07, 6.45) is 0. The van der Waals surface area contributed by atoms with Crippen LogP contribution in [0.3, 0.4) is 0 Å². The molecule has 0 fully saturated rings. The van der Waals surface area contributed by atoms with Crippen molar-refractivity contribution in [2.24, 2.45) is 12.8 Å². The molecule has 0 saturated carbocycles. The molecule has 0 spiro atoms. The van der Waals surface area contributed by atoms with E-state index in [-0.39, 0.29) is 0 Å². The maximum absolute atomic E-state index is 5.54. The molecule has 78 valence electrons. The highest BCUT2D eigenvalue weighted by molar-refractivity contribution is 9.10. The first-order valence-electron chi connectivity index (χ1n) is 4.56. The van der Waals surface area contributed by atoms with Gasteiger partial charge in [-0.05, 0) is 12.1 Å². The van der Waals surface area contributed by atoms with Crippen molar-refractivity contribution >= 4 is 15.9 Å². The van der Waals surface area contributed by atoms with Gasteiger partial charge in [0.1, 0.15) is 5.82 Å². The quantitative estimate of drug-likeness (QED) is 0.901. The summed E-state index contributed by atoms with van der Waals surface area (Å²) >= 11 is 3.41. The molecule has 2 N–H and O–H groups in total. The molecule has 1 heterocycles. The highest BCUT2D eigenvalue weighted by Crippen LogP contribution is 2.19. The van der Waals surface area contributed by atoms with E-state index >= 15 is 0 Å². The zero-order valence-electron chi connectivity index (χ0n) is 8.31. The summed E-state index contributed by atoms with van der Waals surface area (Å²) in [6, 6.07) is 7.88. The number of aromatic nitrogens is 3. The normalized spacial score (nSPS) is 10.6. The minimum absolute atomic E-state index is 0.400. The SMILES string of the molecule is Cn1nc(-c2cccc(Br)c2)nc1CN. The maximum Gasteiger partial charge on any atom is 0.181 e. The number of rotatable bonds is 2. The smallest absolute Gasteiger partial charge is 0.181 e. The minimum Gasteiger partial charge on any atom is -0.324 e. The van der Waals surface area contributed by atoms with Gasteiger partial charge in [0.05, 0.1) is 6.54 Å². The van der Waals surface area contributed by atoms with Crippen molar-refractivity contribution < 1.29 is 0 Å². The van der Waals surface area contributed by atoms with Crippen molar-refractivity contribution in [1.29, 1.82) is 0 Å². The minimum atomic E-state index is 0.400. The predicted octanol–water partition coefficient (Wildman–Crippen LogP) is 1.70. The standard InChI is InChI=1S/C10H11BrN4/c1-15-9(6-12)13-10(14-15)7-3-2-4-8(11)5-7/h2-5H,6,12H2,1H3. The molecule has 5 heteroatoms.